The van der Waals surface area contributed by atoms with E-state index in [-0.39, 0.29) is 52.4 Å². The Morgan fingerprint density at radius 2 is 0.885 bits per heavy atom. The van der Waals surface area contributed by atoms with E-state index in [9.17, 15) is 34.2 Å². The number of carbonyl (C=O) groups is 2. The fraction of sp³-hybridized carbons (Fsp3) is 0.410. The molecule has 4 fully saturated rings. The number of nitrogens with two attached hydrogens (primary N) is 1. The number of nitro groups is 2. The van der Waals surface area contributed by atoms with Gasteiger partial charge >= 0.3 is 0 Å². The fourth-order valence-corrected chi connectivity index (χ4v) is 9.88. The number of aromatic nitrogens is 2. The lowest BCUT2D eigenvalue weighted by Crippen LogP contribution is -2.30. The van der Waals surface area contributed by atoms with Crippen LogP contribution in [0.1, 0.15) is 126 Å². The summed E-state index contributed by atoms with van der Waals surface area (Å²) in [6, 6.07) is 26.9. The second-order valence-corrected chi connectivity index (χ2v) is 22.0. The van der Waals surface area contributed by atoms with Gasteiger partial charge in [0.1, 0.15) is 10.7 Å². The smallest absolute Gasteiger partial charge is 0.294 e. The van der Waals surface area contributed by atoms with Crippen molar-refractivity contribution in [2.75, 3.05) is 84.6 Å². The van der Waals surface area contributed by atoms with E-state index < -0.39 is 17.3 Å². The van der Waals surface area contributed by atoms with Crippen molar-refractivity contribution in [1.29, 1.82) is 0 Å². The number of anilines is 5. The molecule has 2 aromatic heterocycles. The maximum Gasteiger partial charge on any atom is 0.294 e. The molecule has 5 heterocycles. The molecule has 4 N–H and O–H groups in total. The van der Waals surface area contributed by atoms with Crippen LogP contribution >= 0.6 is 105 Å². The van der Waals surface area contributed by atoms with Crippen molar-refractivity contribution in [2.24, 2.45) is 0 Å². The predicted octanol–water partition coefficient (Wildman–Crippen LogP) is 19.5. The number of pyridine rings is 2. The molecular formula is C61H79Cl9FN9O7. The maximum atomic E-state index is 12.4. The number of benzene rings is 4. The van der Waals surface area contributed by atoms with Crippen LogP contribution in [0.3, 0.4) is 0 Å². The first-order valence-electron chi connectivity index (χ1n) is 28.0. The Kier molecular flexibility index (Phi) is 44.7. The molecule has 26 heteroatoms. The third-order valence-electron chi connectivity index (χ3n) is 12.9. The van der Waals surface area contributed by atoms with E-state index in [1.165, 1.54) is 120 Å². The molecule has 3 aliphatic heterocycles. The molecule has 480 valence electrons. The van der Waals surface area contributed by atoms with Gasteiger partial charge in [-0.15, -0.1) is 35.6 Å². The molecule has 4 aromatic carbocycles. The van der Waals surface area contributed by atoms with Crippen LogP contribution in [0, 0.1) is 20.2 Å². The average Bonchev–Trinajstić information content (AvgIpc) is 3.71. The van der Waals surface area contributed by atoms with Crippen molar-refractivity contribution in [1.82, 2.24) is 9.97 Å². The van der Waals surface area contributed by atoms with E-state index in [2.05, 4.69) is 30.0 Å². The Morgan fingerprint density at radius 3 is 1.26 bits per heavy atom. The number of amides is 1. The van der Waals surface area contributed by atoms with Gasteiger partial charge in [-0.05, 0) is 154 Å². The topological polar surface area (TPSA) is 214 Å². The van der Waals surface area contributed by atoms with Gasteiger partial charge in [0.25, 0.3) is 22.5 Å². The number of hydrogen-bond donors (Lipinski definition) is 3. The third-order valence-corrected chi connectivity index (χ3v) is 14.4. The van der Waals surface area contributed by atoms with Gasteiger partial charge in [-0.3, -0.25) is 44.2 Å². The third kappa shape index (κ3) is 32.2. The summed E-state index contributed by atoms with van der Waals surface area (Å²) in [6.07, 6.45) is 26.2. The van der Waals surface area contributed by atoms with Crippen molar-refractivity contribution in [3.63, 3.8) is 0 Å². The van der Waals surface area contributed by atoms with E-state index in [4.69, 9.17) is 105 Å². The summed E-state index contributed by atoms with van der Waals surface area (Å²) in [6.45, 7) is 6.04. The highest BCUT2D eigenvalue weighted by Gasteiger charge is 2.22. The Bertz CT molecular complexity index is 2890. The number of hydrogen-bond acceptors (Lipinski definition) is 13. The lowest BCUT2D eigenvalue weighted by molar-refractivity contribution is -0.384. The first-order valence-corrected chi connectivity index (χ1v) is 30.6. The molecule has 0 bridgehead atoms. The zero-order chi connectivity index (χ0) is 63.7. The normalized spacial score (nSPS) is 13.7. The molecule has 0 unspecified atom stereocenters. The fourth-order valence-electron chi connectivity index (χ4n) is 8.88. The molecule has 0 spiro atoms. The molecule has 0 atom stereocenters. The number of alkyl halides is 3. The lowest BCUT2D eigenvalue weighted by atomic mass is 10.0. The second-order valence-electron chi connectivity index (χ2n) is 18.7. The number of nitrogens with zero attached hydrogens (tertiary/aromatic N) is 7. The molecule has 87 heavy (non-hydrogen) atoms. The zero-order valence-electron chi connectivity index (χ0n) is 48.7. The monoisotopic (exact) mass is 1380 g/mol. The van der Waals surface area contributed by atoms with Crippen LogP contribution < -0.4 is 25.8 Å². The Labute approximate surface area is 559 Å². The number of rotatable bonds is 8. The molecular weight excluding hydrogens is 1310 g/mol. The van der Waals surface area contributed by atoms with Crippen LogP contribution in [0.5, 0.6) is 0 Å². The van der Waals surface area contributed by atoms with Crippen LogP contribution in [0.15, 0.2) is 122 Å². The Morgan fingerprint density at radius 1 is 0.563 bits per heavy atom. The summed E-state index contributed by atoms with van der Waals surface area (Å²) in [5.41, 5.74) is 11.3. The van der Waals surface area contributed by atoms with Crippen LogP contribution in [-0.2, 0) is 0 Å². The molecule has 10 rings (SSSR count). The summed E-state index contributed by atoms with van der Waals surface area (Å²) in [5, 5.41) is 33.0. The summed E-state index contributed by atoms with van der Waals surface area (Å²) < 4.78 is 15.5. The van der Waals surface area contributed by atoms with Gasteiger partial charge in [0, 0.05) is 115 Å². The van der Waals surface area contributed by atoms with Crippen LogP contribution in [-0.4, -0.2) is 94.9 Å². The molecule has 0 radical (unpaired) electrons. The number of nitro benzene ring substituents is 2. The van der Waals surface area contributed by atoms with Crippen LogP contribution in [0.4, 0.5) is 44.2 Å². The first-order chi connectivity index (χ1) is 41.4. The number of halogens is 10. The molecule has 1 aliphatic carbocycles. The largest absolute Gasteiger partial charge is 0.400 e. The quantitative estimate of drug-likeness (QED) is 0.0426. The van der Waals surface area contributed by atoms with Gasteiger partial charge in [0.05, 0.1) is 46.5 Å². The van der Waals surface area contributed by atoms with Gasteiger partial charge in [-0.2, -0.15) is 0 Å². The minimum Gasteiger partial charge on any atom is -0.400 e. The van der Waals surface area contributed by atoms with Gasteiger partial charge in [-0.1, -0.05) is 104 Å². The van der Waals surface area contributed by atoms with Crippen molar-refractivity contribution >= 4 is 156 Å². The summed E-state index contributed by atoms with van der Waals surface area (Å²) >= 11 is 43.4. The standard InChI is InChI=1S/C17H18ClN3O.C11H13ClN2O2.C11H15ClN2.C6H3Cl2NO2.C6H4ClNO.C6H12.CH2Cl2.CH3F.CH4O.CH4.ClH/c18-14-4-5-16(21-10-2-1-3-11-21)15(12-14)20-17(22)13-6-8-19-9-7-13;12-9-4-5-10(11(8-9)14(15)16)13-6-2-1-3-7-13;12-9-4-5-11(10(13)8-9)14-6-2-1-3-7-14;7-4-1-2-5(8)6(3-4)9(10)11;7-6(9)5-1-3-8-4-2-5;1-2-4-6-5-3-1;2-1-3;2*1-2;;/h4-9,12H,1-3,10-11H2,(H,20,22);4-5,8H,1-3,6-7H2;4-5,8H,1-3,6-7,13H2;1-3H;1-4H;1-6H2;1H2;1H3;2H,1H3;1H4;1H/i;;;;;;;1D;;;. The molecule has 1 saturated carbocycles. The first kappa shape index (κ1) is 79.8. The number of nitrogens with one attached hydrogen (secondary N) is 1. The predicted molar refractivity (Wildman–Crippen MR) is 367 cm³/mol. The summed E-state index contributed by atoms with van der Waals surface area (Å²) in [4.78, 5) is 57.3. The highest BCUT2D eigenvalue weighted by atomic mass is 35.5. The van der Waals surface area contributed by atoms with E-state index in [1.807, 2.05) is 36.4 Å². The Hall–Kier alpha value is -5.18. The minimum atomic E-state index is -1.00. The number of aliphatic hydroxyl groups excluding tert-OH is 1. The zero-order valence-corrected chi connectivity index (χ0v) is 54.6. The van der Waals surface area contributed by atoms with Gasteiger partial charge in [0.2, 0.25) is 0 Å². The van der Waals surface area contributed by atoms with Crippen molar-refractivity contribution in [2.45, 2.75) is 104 Å². The molecule has 3 saturated heterocycles. The Balaban J connectivity index is 0.00000104. The molecule has 1 amide bonds. The minimum absolute atomic E-state index is 0. The lowest BCUT2D eigenvalue weighted by Gasteiger charge is -2.30. The van der Waals surface area contributed by atoms with Gasteiger partial charge in [0.15, 0.2) is 0 Å². The molecule has 6 aromatic rings. The van der Waals surface area contributed by atoms with Gasteiger partial charge < -0.3 is 30.9 Å². The van der Waals surface area contributed by atoms with Crippen molar-refractivity contribution < 1.29 is 30.3 Å². The highest BCUT2D eigenvalue weighted by molar-refractivity contribution is 6.67. The summed E-state index contributed by atoms with van der Waals surface area (Å²) in [7, 11) is 0. The number of carbonyl (C=O) groups excluding carboxylic acids is 2. The van der Waals surface area contributed by atoms with E-state index in [1.54, 1.807) is 48.8 Å². The number of piperidine rings is 3. The van der Waals surface area contributed by atoms with E-state index >= 15 is 0 Å². The van der Waals surface area contributed by atoms with Crippen LogP contribution in [0.25, 0.3) is 0 Å². The van der Waals surface area contributed by atoms with Crippen molar-refractivity contribution in [3.8, 4) is 0 Å². The highest BCUT2D eigenvalue weighted by Crippen LogP contribution is 2.34. The average molecular weight is 1390 g/mol. The number of aliphatic hydroxyl groups is 1. The summed E-state index contributed by atoms with van der Waals surface area (Å²) in [5.74, 6) is -0.150. The van der Waals surface area contributed by atoms with Crippen molar-refractivity contribution in [3.05, 3.63) is 178 Å². The van der Waals surface area contributed by atoms with Gasteiger partial charge in [-0.25, -0.2) is 0 Å². The SMILES string of the molecule is C.C1CCCCC1.CO.Cl.ClCCl.Nc1cc(Cl)ccc1N1CCCCC1.O=C(Cl)c1ccncc1.O=C(Nc1cc(Cl)ccc1N1CCCCC1)c1ccncc1.O=[N+]([O-])c1cc(Cl)ccc1Cl.O=[N+]([O-])c1cc(Cl)ccc1N1CCCCC1.[2H]CF. The molecule has 4 aliphatic rings. The number of nitrogen functional groups attached to an aromatic ring is 1. The van der Waals surface area contributed by atoms with Crippen LogP contribution in [0.2, 0.25) is 25.1 Å². The van der Waals surface area contributed by atoms with E-state index in [0.29, 0.717) is 36.9 Å². The van der Waals surface area contributed by atoms with E-state index in [0.717, 1.165) is 82.0 Å². The maximum absolute atomic E-state index is 12.4. The molecule has 16 nitrogen and oxygen atoms in total. The second kappa shape index (κ2) is 48.7.